The summed E-state index contributed by atoms with van der Waals surface area (Å²) in [5.74, 6) is -0.530. The van der Waals surface area contributed by atoms with Gasteiger partial charge in [-0.1, -0.05) is 11.3 Å². The Balaban J connectivity index is 2.13. The quantitative estimate of drug-likeness (QED) is 0.819. The average Bonchev–Trinajstić information content (AvgIpc) is 2.83. The number of hydrogen-bond acceptors (Lipinski definition) is 4. The van der Waals surface area contributed by atoms with E-state index in [2.05, 4.69) is 10.3 Å². The summed E-state index contributed by atoms with van der Waals surface area (Å²) in [6.07, 6.45) is 1.68. The van der Waals surface area contributed by atoms with Gasteiger partial charge in [0.2, 0.25) is 0 Å². The molecule has 0 bridgehead atoms. The molecule has 5 nitrogen and oxygen atoms in total. The van der Waals surface area contributed by atoms with Crippen LogP contribution in [0.1, 0.15) is 21.6 Å². The summed E-state index contributed by atoms with van der Waals surface area (Å²) in [6.45, 7) is 2.78. The van der Waals surface area contributed by atoms with Gasteiger partial charge in [0, 0.05) is 13.0 Å². The Morgan fingerprint density at radius 2 is 2.26 bits per heavy atom. The minimum absolute atomic E-state index is 0.116. The van der Waals surface area contributed by atoms with Gasteiger partial charge in [-0.3, -0.25) is 9.48 Å². The van der Waals surface area contributed by atoms with Crippen LogP contribution < -0.4 is 5.73 Å². The second-order valence-electron chi connectivity index (χ2n) is 4.33. The van der Waals surface area contributed by atoms with E-state index in [9.17, 15) is 9.18 Å². The maximum Gasteiger partial charge on any atom is 0.189 e. The van der Waals surface area contributed by atoms with Crippen LogP contribution in [0.4, 0.5) is 4.39 Å². The van der Waals surface area contributed by atoms with Crippen LogP contribution >= 0.6 is 0 Å². The van der Waals surface area contributed by atoms with E-state index in [-0.39, 0.29) is 23.7 Å². The Morgan fingerprint density at radius 3 is 3.00 bits per heavy atom. The Kier molecular flexibility index (Phi) is 4.01. The number of benzene rings is 1. The van der Waals surface area contributed by atoms with Crippen LogP contribution in [0.5, 0.6) is 0 Å². The van der Waals surface area contributed by atoms with Crippen LogP contribution in [0, 0.1) is 12.7 Å². The van der Waals surface area contributed by atoms with Crippen molar-refractivity contribution >= 4 is 5.78 Å². The molecular weight excluding hydrogens is 247 g/mol. The van der Waals surface area contributed by atoms with Crippen LogP contribution in [0.25, 0.3) is 0 Å². The van der Waals surface area contributed by atoms with Crippen molar-refractivity contribution in [3.05, 3.63) is 47.0 Å². The molecular formula is C13H15FN4O. The maximum atomic E-state index is 13.1. The third-order valence-corrected chi connectivity index (χ3v) is 2.84. The first-order valence-electron chi connectivity index (χ1n) is 5.98. The van der Waals surface area contributed by atoms with E-state index in [0.717, 1.165) is 5.56 Å². The first kappa shape index (κ1) is 13.4. The molecule has 0 fully saturated rings. The minimum atomic E-state index is -0.347. The number of Topliss-reactive ketones (excluding diaryl/α,β-unsaturated/α-hetero) is 1. The van der Waals surface area contributed by atoms with Gasteiger partial charge in [-0.15, -0.1) is 5.10 Å². The molecule has 1 aromatic heterocycles. The normalized spacial score (nSPS) is 10.7. The van der Waals surface area contributed by atoms with E-state index in [4.69, 9.17) is 5.73 Å². The standard InChI is InChI=1S/C13H15FN4O/c1-9-2-3-11(14)6-10(9)7-13(19)12-8-18(5-4-15)17-16-12/h2-3,6,8H,4-5,7,15H2,1H3. The lowest BCUT2D eigenvalue weighted by Gasteiger charge is -2.03. The summed E-state index contributed by atoms with van der Waals surface area (Å²) in [7, 11) is 0. The molecule has 0 aliphatic heterocycles. The molecule has 1 heterocycles. The molecule has 0 saturated heterocycles. The van der Waals surface area contributed by atoms with Crippen LogP contribution in [-0.4, -0.2) is 27.3 Å². The van der Waals surface area contributed by atoms with Gasteiger partial charge in [0.05, 0.1) is 12.7 Å². The Bertz CT molecular complexity index is 594. The number of nitrogens with zero attached hydrogens (tertiary/aromatic N) is 3. The summed E-state index contributed by atoms with van der Waals surface area (Å²) in [5, 5.41) is 7.60. The van der Waals surface area contributed by atoms with E-state index in [1.54, 1.807) is 12.3 Å². The third-order valence-electron chi connectivity index (χ3n) is 2.84. The molecule has 0 saturated carbocycles. The van der Waals surface area contributed by atoms with Gasteiger partial charge in [0.25, 0.3) is 0 Å². The second-order valence-corrected chi connectivity index (χ2v) is 4.33. The summed E-state index contributed by atoms with van der Waals surface area (Å²) >= 11 is 0. The number of halogens is 1. The van der Waals surface area contributed by atoms with Crippen molar-refractivity contribution < 1.29 is 9.18 Å². The van der Waals surface area contributed by atoms with Crippen molar-refractivity contribution in [1.82, 2.24) is 15.0 Å². The number of carbonyl (C=O) groups excluding carboxylic acids is 1. The zero-order valence-corrected chi connectivity index (χ0v) is 10.6. The Hall–Kier alpha value is -2.08. The van der Waals surface area contributed by atoms with Crippen LogP contribution in [0.3, 0.4) is 0 Å². The fourth-order valence-electron chi connectivity index (χ4n) is 1.76. The number of aromatic nitrogens is 3. The number of rotatable bonds is 5. The number of nitrogens with two attached hydrogens (primary N) is 1. The molecule has 0 aliphatic rings. The zero-order valence-electron chi connectivity index (χ0n) is 10.6. The SMILES string of the molecule is Cc1ccc(F)cc1CC(=O)c1cn(CCN)nn1. The number of ketones is 1. The molecule has 0 amide bonds. The van der Waals surface area contributed by atoms with E-state index >= 15 is 0 Å². The molecule has 0 atom stereocenters. The van der Waals surface area contributed by atoms with Crippen LogP contribution in [0.15, 0.2) is 24.4 Å². The fourth-order valence-corrected chi connectivity index (χ4v) is 1.76. The Labute approximate surface area is 110 Å². The second kappa shape index (κ2) is 5.71. The van der Waals surface area contributed by atoms with Gasteiger partial charge >= 0.3 is 0 Å². The predicted molar refractivity (Wildman–Crippen MR) is 68.2 cm³/mol. The molecule has 2 rings (SSSR count). The minimum Gasteiger partial charge on any atom is -0.329 e. The lowest BCUT2D eigenvalue weighted by molar-refractivity contribution is 0.0988. The van der Waals surface area contributed by atoms with Gasteiger partial charge < -0.3 is 5.73 Å². The number of carbonyl (C=O) groups is 1. The first-order chi connectivity index (χ1) is 9.10. The fraction of sp³-hybridized carbons (Fsp3) is 0.308. The number of aryl methyl sites for hydroxylation is 1. The highest BCUT2D eigenvalue weighted by Crippen LogP contribution is 2.13. The van der Waals surface area contributed by atoms with Gasteiger partial charge in [-0.2, -0.15) is 0 Å². The molecule has 100 valence electrons. The monoisotopic (exact) mass is 262 g/mol. The lowest BCUT2D eigenvalue weighted by atomic mass is 10.0. The molecule has 2 aromatic rings. The first-order valence-corrected chi connectivity index (χ1v) is 5.98. The van der Waals surface area contributed by atoms with E-state index in [0.29, 0.717) is 18.7 Å². The predicted octanol–water partition coefficient (Wildman–Crippen LogP) is 1.11. The van der Waals surface area contributed by atoms with E-state index < -0.39 is 0 Å². The third kappa shape index (κ3) is 3.23. The van der Waals surface area contributed by atoms with Crippen molar-refractivity contribution in [2.45, 2.75) is 19.9 Å². The van der Waals surface area contributed by atoms with Crippen molar-refractivity contribution in [1.29, 1.82) is 0 Å². The van der Waals surface area contributed by atoms with Crippen LogP contribution in [0.2, 0.25) is 0 Å². The average molecular weight is 262 g/mol. The van der Waals surface area contributed by atoms with Crippen molar-refractivity contribution in [2.75, 3.05) is 6.54 Å². The molecule has 2 N–H and O–H groups in total. The highest BCUT2D eigenvalue weighted by molar-refractivity contribution is 5.95. The van der Waals surface area contributed by atoms with E-state index in [1.165, 1.54) is 16.8 Å². The molecule has 1 aromatic carbocycles. The molecule has 19 heavy (non-hydrogen) atoms. The molecule has 0 radical (unpaired) electrons. The number of hydrogen-bond donors (Lipinski definition) is 1. The molecule has 0 unspecified atom stereocenters. The summed E-state index contributed by atoms with van der Waals surface area (Å²) < 4.78 is 14.7. The van der Waals surface area contributed by atoms with Crippen molar-refractivity contribution in [3.63, 3.8) is 0 Å². The van der Waals surface area contributed by atoms with Gasteiger partial charge in [-0.05, 0) is 30.2 Å². The van der Waals surface area contributed by atoms with E-state index in [1.807, 2.05) is 6.92 Å². The lowest BCUT2D eigenvalue weighted by Crippen LogP contribution is -2.10. The van der Waals surface area contributed by atoms with Crippen molar-refractivity contribution in [2.24, 2.45) is 5.73 Å². The summed E-state index contributed by atoms with van der Waals surface area (Å²) in [5.41, 5.74) is 7.21. The Morgan fingerprint density at radius 1 is 1.47 bits per heavy atom. The van der Waals surface area contributed by atoms with Crippen LogP contribution in [-0.2, 0) is 13.0 Å². The van der Waals surface area contributed by atoms with Gasteiger partial charge in [0.1, 0.15) is 11.5 Å². The summed E-state index contributed by atoms with van der Waals surface area (Å²) in [4.78, 5) is 12.0. The summed E-state index contributed by atoms with van der Waals surface area (Å²) in [6, 6.07) is 4.40. The van der Waals surface area contributed by atoms with Gasteiger partial charge in [-0.25, -0.2) is 4.39 Å². The smallest absolute Gasteiger partial charge is 0.189 e. The highest BCUT2D eigenvalue weighted by Gasteiger charge is 2.13. The highest BCUT2D eigenvalue weighted by atomic mass is 19.1. The molecule has 6 heteroatoms. The molecule has 0 aliphatic carbocycles. The van der Waals surface area contributed by atoms with Gasteiger partial charge in [0.15, 0.2) is 5.78 Å². The zero-order chi connectivity index (χ0) is 13.8. The molecule has 0 spiro atoms. The largest absolute Gasteiger partial charge is 0.329 e. The van der Waals surface area contributed by atoms with Crippen molar-refractivity contribution in [3.8, 4) is 0 Å². The topological polar surface area (TPSA) is 73.8 Å². The maximum absolute atomic E-state index is 13.1.